The molecule has 0 saturated carbocycles. The molecule has 0 aliphatic rings. The molecule has 152 valence electrons. The molecule has 7 nitrogen and oxygen atoms in total. The summed E-state index contributed by atoms with van der Waals surface area (Å²) in [6.07, 6.45) is 0. The maximum atomic E-state index is 11.9. The van der Waals surface area contributed by atoms with E-state index in [0.29, 0.717) is 34.9 Å². The normalized spacial score (nSPS) is 11.4. The summed E-state index contributed by atoms with van der Waals surface area (Å²) >= 11 is 0. The first kappa shape index (κ1) is 21.8. The van der Waals surface area contributed by atoms with E-state index >= 15 is 0 Å². The van der Waals surface area contributed by atoms with E-state index in [0.717, 1.165) is 0 Å². The summed E-state index contributed by atoms with van der Waals surface area (Å²) < 4.78 is 11.1. The Morgan fingerprint density at radius 1 is 1.10 bits per heavy atom. The van der Waals surface area contributed by atoms with Gasteiger partial charge in [-0.2, -0.15) is 5.26 Å². The predicted octanol–water partition coefficient (Wildman–Crippen LogP) is 3.80. The van der Waals surface area contributed by atoms with E-state index in [1.54, 1.807) is 56.3 Å². The average Bonchev–Trinajstić information content (AvgIpc) is 2.70. The number of carbonyl (C=O) groups excluding carboxylic acids is 1. The third kappa shape index (κ3) is 6.25. The molecule has 2 N–H and O–H groups in total. The van der Waals surface area contributed by atoms with Gasteiger partial charge in [0, 0.05) is 17.7 Å². The molecular weight excluding hydrogens is 372 g/mol. The van der Waals surface area contributed by atoms with Crippen LogP contribution < -0.4 is 14.8 Å². The average molecular weight is 396 g/mol. The van der Waals surface area contributed by atoms with Crippen LogP contribution in [0.5, 0.6) is 11.5 Å². The lowest BCUT2D eigenvalue weighted by molar-refractivity contribution is -0.138. The Hall–Kier alpha value is -3.53. The molecule has 0 radical (unpaired) electrons. The lowest BCUT2D eigenvalue weighted by Crippen LogP contribution is -2.21. The van der Waals surface area contributed by atoms with Gasteiger partial charge < -0.3 is 19.9 Å². The predicted molar refractivity (Wildman–Crippen MR) is 108 cm³/mol. The number of nitrogens with zero attached hydrogens (tertiary/aromatic N) is 1. The summed E-state index contributed by atoms with van der Waals surface area (Å²) in [6.45, 7) is 5.69. The van der Waals surface area contributed by atoms with Crippen molar-refractivity contribution in [2.75, 3.05) is 18.5 Å². The molecule has 1 unspecified atom stereocenters. The fourth-order valence-electron chi connectivity index (χ4n) is 2.51. The van der Waals surface area contributed by atoms with Gasteiger partial charge in [0.05, 0.1) is 18.2 Å². The van der Waals surface area contributed by atoms with Crippen molar-refractivity contribution in [1.82, 2.24) is 0 Å². The molecule has 0 saturated heterocycles. The zero-order valence-electron chi connectivity index (χ0n) is 16.6. The summed E-state index contributed by atoms with van der Waals surface area (Å²) in [6, 6.07) is 12.2. The summed E-state index contributed by atoms with van der Waals surface area (Å²) in [4.78, 5) is 23.8. The van der Waals surface area contributed by atoms with E-state index in [-0.39, 0.29) is 18.3 Å². The number of Topliss-reactive ketones (excluding diaryl/α,β-unsaturated/α-hetero) is 1. The molecule has 0 aromatic heterocycles. The fraction of sp³-hybridized carbons (Fsp3) is 0.318. The molecule has 2 aromatic carbocycles. The quantitative estimate of drug-likeness (QED) is 0.629. The molecule has 0 aliphatic heterocycles. The molecule has 7 heteroatoms. The van der Waals surface area contributed by atoms with E-state index in [4.69, 9.17) is 14.7 Å². The Bertz CT molecular complexity index is 900. The van der Waals surface area contributed by atoms with Crippen LogP contribution in [0.15, 0.2) is 42.5 Å². The number of ketones is 1. The first-order chi connectivity index (χ1) is 13.8. The van der Waals surface area contributed by atoms with Crippen molar-refractivity contribution in [3.05, 3.63) is 53.6 Å². The van der Waals surface area contributed by atoms with Crippen molar-refractivity contribution in [3.8, 4) is 17.6 Å². The molecule has 29 heavy (non-hydrogen) atoms. The second kappa shape index (κ2) is 10.1. The van der Waals surface area contributed by atoms with Gasteiger partial charge in [0.25, 0.3) is 0 Å². The number of carboxylic acid groups (broad SMARTS) is 1. The summed E-state index contributed by atoms with van der Waals surface area (Å²) in [5.74, 6) is -0.502. The third-order valence-corrected chi connectivity index (χ3v) is 4.14. The summed E-state index contributed by atoms with van der Waals surface area (Å²) in [5, 5.41) is 21.6. The van der Waals surface area contributed by atoms with Gasteiger partial charge in [-0.05, 0) is 48.9 Å². The smallest absolute Gasteiger partial charge is 0.330 e. The Labute approximate surface area is 169 Å². The van der Waals surface area contributed by atoms with Crippen molar-refractivity contribution < 1.29 is 24.2 Å². The van der Waals surface area contributed by atoms with Crippen LogP contribution in [-0.2, 0) is 9.59 Å². The maximum Gasteiger partial charge on any atom is 0.330 e. The maximum absolute atomic E-state index is 11.9. The summed E-state index contributed by atoms with van der Waals surface area (Å²) in [7, 11) is 0. The monoisotopic (exact) mass is 396 g/mol. The van der Waals surface area contributed by atoms with Crippen LogP contribution in [0.3, 0.4) is 0 Å². The van der Waals surface area contributed by atoms with E-state index in [2.05, 4.69) is 5.32 Å². The highest BCUT2D eigenvalue weighted by molar-refractivity contribution is 5.82. The molecule has 1 atom stereocenters. The first-order valence-corrected chi connectivity index (χ1v) is 9.26. The van der Waals surface area contributed by atoms with Gasteiger partial charge in [-0.1, -0.05) is 13.8 Å². The molecule has 0 aliphatic carbocycles. The minimum Gasteiger partial charge on any atom is -0.494 e. The number of hydrogen-bond donors (Lipinski definition) is 2. The van der Waals surface area contributed by atoms with Crippen molar-refractivity contribution in [1.29, 1.82) is 5.26 Å². The lowest BCUT2D eigenvalue weighted by atomic mass is 10.1. The van der Waals surface area contributed by atoms with Crippen LogP contribution in [-0.4, -0.2) is 30.1 Å². The second-order valence-electron chi connectivity index (χ2n) is 6.69. The van der Waals surface area contributed by atoms with E-state index < -0.39 is 12.0 Å². The number of hydrogen-bond acceptors (Lipinski definition) is 6. The zero-order valence-corrected chi connectivity index (χ0v) is 16.6. The molecule has 0 amide bonds. The number of ether oxygens (including phenoxy) is 2. The highest BCUT2D eigenvalue weighted by Gasteiger charge is 2.22. The van der Waals surface area contributed by atoms with Gasteiger partial charge in [-0.15, -0.1) is 0 Å². The molecule has 0 fully saturated rings. The SMILES string of the molecule is CCOc1cc(OCC(=O)C(C)C)cc(C(Nc2ccc(C#N)cc2)C(=O)O)c1. The minimum absolute atomic E-state index is 0.0566. The first-order valence-electron chi connectivity index (χ1n) is 9.26. The van der Waals surface area contributed by atoms with Gasteiger partial charge in [0.2, 0.25) is 0 Å². The summed E-state index contributed by atoms with van der Waals surface area (Å²) in [5.41, 5.74) is 1.45. The Morgan fingerprint density at radius 2 is 1.72 bits per heavy atom. The topological polar surface area (TPSA) is 109 Å². The van der Waals surface area contributed by atoms with E-state index in [1.165, 1.54) is 0 Å². The van der Waals surface area contributed by atoms with Crippen molar-refractivity contribution in [2.24, 2.45) is 5.92 Å². The molecule has 2 aromatic rings. The van der Waals surface area contributed by atoms with Crippen LogP contribution in [0.2, 0.25) is 0 Å². The highest BCUT2D eigenvalue weighted by Crippen LogP contribution is 2.29. The molecule has 0 spiro atoms. The van der Waals surface area contributed by atoms with E-state index in [9.17, 15) is 14.7 Å². The van der Waals surface area contributed by atoms with Crippen molar-refractivity contribution in [2.45, 2.75) is 26.8 Å². The highest BCUT2D eigenvalue weighted by atomic mass is 16.5. The number of nitrogens with one attached hydrogen (secondary N) is 1. The van der Waals surface area contributed by atoms with E-state index in [1.807, 2.05) is 13.0 Å². The van der Waals surface area contributed by atoms with Gasteiger partial charge in [0.15, 0.2) is 11.8 Å². The van der Waals surface area contributed by atoms with Crippen LogP contribution >= 0.6 is 0 Å². The second-order valence-corrected chi connectivity index (χ2v) is 6.69. The Balaban J connectivity index is 2.31. The van der Waals surface area contributed by atoms with Crippen LogP contribution in [0.1, 0.15) is 37.9 Å². The molecule has 0 bridgehead atoms. The number of rotatable bonds is 10. The molecule has 2 rings (SSSR count). The van der Waals surface area contributed by atoms with Gasteiger partial charge >= 0.3 is 5.97 Å². The Morgan fingerprint density at radius 3 is 2.24 bits per heavy atom. The lowest BCUT2D eigenvalue weighted by Gasteiger charge is -2.19. The van der Waals surface area contributed by atoms with Gasteiger partial charge in [-0.3, -0.25) is 4.79 Å². The standard InChI is InChI=1S/C22H24N2O5/c1-4-28-18-9-16(10-19(11-18)29-13-20(25)14(2)3)21(22(26)27)24-17-7-5-15(12-23)6-8-17/h5-11,14,21,24H,4,13H2,1-3H3,(H,26,27). The number of benzene rings is 2. The van der Waals surface area contributed by atoms with Gasteiger partial charge in [0.1, 0.15) is 18.1 Å². The number of anilines is 1. The zero-order chi connectivity index (χ0) is 21.4. The molecular formula is C22H24N2O5. The largest absolute Gasteiger partial charge is 0.494 e. The fourth-order valence-corrected chi connectivity index (χ4v) is 2.51. The minimum atomic E-state index is -1.09. The number of carbonyl (C=O) groups is 2. The number of nitriles is 1. The van der Waals surface area contributed by atoms with Crippen LogP contribution in [0, 0.1) is 17.2 Å². The van der Waals surface area contributed by atoms with Crippen molar-refractivity contribution >= 4 is 17.4 Å². The van der Waals surface area contributed by atoms with Crippen LogP contribution in [0.4, 0.5) is 5.69 Å². The van der Waals surface area contributed by atoms with Gasteiger partial charge in [-0.25, -0.2) is 4.79 Å². The molecule has 0 heterocycles. The third-order valence-electron chi connectivity index (χ3n) is 4.14. The van der Waals surface area contributed by atoms with Crippen molar-refractivity contribution in [3.63, 3.8) is 0 Å². The van der Waals surface area contributed by atoms with Crippen LogP contribution in [0.25, 0.3) is 0 Å². The number of carboxylic acids is 1. The number of aliphatic carboxylic acids is 1. The Kier molecular flexibility index (Phi) is 7.61.